The van der Waals surface area contributed by atoms with E-state index in [4.69, 9.17) is 18.0 Å². The summed E-state index contributed by atoms with van der Waals surface area (Å²) in [5.41, 5.74) is 8.20. The smallest absolute Gasteiger partial charge is 0.168 e. The molecule has 0 unspecified atom stereocenters. The molecule has 0 saturated heterocycles. The molecule has 2 aromatic rings. The minimum absolute atomic E-state index is 0.240. The van der Waals surface area contributed by atoms with Gasteiger partial charge in [-0.1, -0.05) is 18.2 Å². The number of rotatable bonds is 2. The van der Waals surface area contributed by atoms with Gasteiger partial charge in [-0.05, 0) is 18.3 Å². The number of benzene rings is 1. The molecule has 0 atom stereocenters. The van der Waals surface area contributed by atoms with Crippen molar-refractivity contribution >= 4 is 23.0 Å². The SMILES string of the molecule is NC(=S)Nc1ccccc1-c1cncnc1. The first-order valence-electron chi connectivity index (χ1n) is 4.68. The Morgan fingerprint density at radius 3 is 2.56 bits per heavy atom. The summed E-state index contributed by atoms with van der Waals surface area (Å²) in [6, 6.07) is 7.71. The molecule has 0 aliphatic heterocycles. The van der Waals surface area contributed by atoms with Crippen LogP contribution in [-0.4, -0.2) is 15.1 Å². The van der Waals surface area contributed by atoms with Gasteiger partial charge < -0.3 is 11.1 Å². The van der Waals surface area contributed by atoms with E-state index in [2.05, 4.69) is 15.3 Å². The number of anilines is 1. The fourth-order valence-electron chi connectivity index (χ4n) is 1.41. The Morgan fingerprint density at radius 1 is 1.19 bits per heavy atom. The van der Waals surface area contributed by atoms with Gasteiger partial charge in [-0.25, -0.2) is 9.97 Å². The van der Waals surface area contributed by atoms with E-state index >= 15 is 0 Å². The predicted molar refractivity (Wildman–Crippen MR) is 67.9 cm³/mol. The van der Waals surface area contributed by atoms with Crippen molar-refractivity contribution in [1.82, 2.24) is 9.97 Å². The normalized spacial score (nSPS) is 9.75. The van der Waals surface area contributed by atoms with Crippen molar-refractivity contribution in [3.8, 4) is 11.1 Å². The van der Waals surface area contributed by atoms with Crippen LogP contribution in [0.25, 0.3) is 11.1 Å². The van der Waals surface area contributed by atoms with Gasteiger partial charge in [0.05, 0.1) is 0 Å². The highest BCUT2D eigenvalue weighted by Crippen LogP contribution is 2.26. The van der Waals surface area contributed by atoms with Crippen molar-refractivity contribution in [3.05, 3.63) is 43.0 Å². The molecule has 0 aliphatic rings. The standard InChI is InChI=1S/C11H10N4S/c12-11(16)15-10-4-2-1-3-9(10)8-5-13-7-14-6-8/h1-7H,(H3,12,15,16). The first kappa shape index (κ1) is 10.5. The van der Waals surface area contributed by atoms with E-state index < -0.39 is 0 Å². The predicted octanol–water partition coefficient (Wildman–Crippen LogP) is 1.80. The van der Waals surface area contributed by atoms with E-state index in [1.165, 1.54) is 6.33 Å². The molecule has 1 heterocycles. The van der Waals surface area contributed by atoms with Crippen LogP contribution < -0.4 is 11.1 Å². The molecule has 0 bridgehead atoms. The number of hydrogen-bond donors (Lipinski definition) is 2. The maximum atomic E-state index is 5.46. The Bertz CT molecular complexity index is 498. The molecule has 2 rings (SSSR count). The minimum Gasteiger partial charge on any atom is -0.376 e. The highest BCUT2D eigenvalue weighted by molar-refractivity contribution is 7.80. The van der Waals surface area contributed by atoms with Gasteiger partial charge in [0, 0.05) is 29.2 Å². The average Bonchev–Trinajstić information content (AvgIpc) is 2.30. The number of hydrogen-bond acceptors (Lipinski definition) is 3. The summed E-state index contributed by atoms with van der Waals surface area (Å²) < 4.78 is 0. The third-order valence-electron chi connectivity index (χ3n) is 2.06. The molecule has 0 saturated carbocycles. The summed E-state index contributed by atoms with van der Waals surface area (Å²) in [5, 5.41) is 3.17. The van der Waals surface area contributed by atoms with E-state index in [0.717, 1.165) is 16.8 Å². The zero-order valence-electron chi connectivity index (χ0n) is 8.42. The van der Waals surface area contributed by atoms with Crippen LogP contribution in [0.15, 0.2) is 43.0 Å². The molecule has 3 N–H and O–H groups in total. The number of nitrogens with zero attached hydrogens (tertiary/aromatic N) is 2. The molecular formula is C11H10N4S. The van der Waals surface area contributed by atoms with Crippen LogP contribution in [0.5, 0.6) is 0 Å². The molecule has 4 nitrogen and oxygen atoms in total. The summed E-state index contributed by atoms with van der Waals surface area (Å²) in [5.74, 6) is 0. The molecule has 0 aliphatic carbocycles. The number of aromatic nitrogens is 2. The zero-order valence-corrected chi connectivity index (χ0v) is 9.24. The van der Waals surface area contributed by atoms with Crippen molar-refractivity contribution in [2.24, 2.45) is 5.73 Å². The molecule has 0 spiro atoms. The van der Waals surface area contributed by atoms with Crippen LogP contribution >= 0.6 is 12.2 Å². The number of thiocarbonyl (C=S) groups is 1. The Balaban J connectivity index is 2.44. The third kappa shape index (κ3) is 2.32. The van der Waals surface area contributed by atoms with Gasteiger partial charge in [0.2, 0.25) is 0 Å². The van der Waals surface area contributed by atoms with Gasteiger partial charge in [-0.2, -0.15) is 0 Å². The Hall–Kier alpha value is -2.01. The van der Waals surface area contributed by atoms with Crippen LogP contribution in [0, 0.1) is 0 Å². The lowest BCUT2D eigenvalue weighted by atomic mass is 10.1. The van der Waals surface area contributed by atoms with Crippen molar-refractivity contribution < 1.29 is 0 Å². The molecule has 1 aromatic heterocycles. The van der Waals surface area contributed by atoms with E-state index in [-0.39, 0.29) is 5.11 Å². The second-order valence-electron chi connectivity index (χ2n) is 3.16. The number of para-hydroxylation sites is 1. The highest BCUT2D eigenvalue weighted by Gasteiger charge is 2.04. The van der Waals surface area contributed by atoms with E-state index in [0.29, 0.717) is 0 Å². The Morgan fingerprint density at radius 2 is 1.88 bits per heavy atom. The van der Waals surface area contributed by atoms with Gasteiger partial charge in [0.15, 0.2) is 5.11 Å². The van der Waals surface area contributed by atoms with Gasteiger partial charge >= 0.3 is 0 Å². The first-order valence-corrected chi connectivity index (χ1v) is 5.09. The second kappa shape index (κ2) is 4.67. The monoisotopic (exact) mass is 230 g/mol. The lowest BCUT2D eigenvalue weighted by molar-refractivity contribution is 1.17. The van der Waals surface area contributed by atoms with Crippen LogP contribution in [-0.2, 0) is 0 Å². The van der Waals surface area contributed by atoms with Gasteiger partial charge in [-0.15, -0.1) is 0 Å². The third-order valence-corrected chi connectivity index (χ3v) is 2.16. The van der Waals surface area contributed by atoms with Crippen LogP contribution in [0.4, 0.5) is 5.69 Å². The van der Waals surface area contributed by atoms with Crippen molar-refractivity contribution in [1.29, 1.82) is 0 Å². The van der Waals surface area contributed by atoms with E-state index in [1.807, 2.05) is 24.3 Å². The van der Waals surface area contributed by atoms with E-state index in [9.17, 15) is 0 Å². The van der Waals surface area contributed by atoms with Crippen molar-refractivity contribution in [3.63, 3.8) is 0 Å². The molecule has 80 valence electrons. The maximum Gasteiger partial charge on any atom is 0.168 e. The summed E-state index contributed by atoms with van der Waals surface area (Å²) in [6.07, 6.45) is 4.98. The molecule has 1 aromatic carbocycles. The Labute approximate surface area is 98.5 Å². The largest absolute Gasteiger partial charge is 0.376 e. The fourth-order valence-corrected chi connectivity index (χ4v) is 1.52. The topological polar surface area (TPSA) is 63.8 Å². The molecule has 0 fully saturated rings. The van der Waals surface area contributed by atoms with E-state index in [1.54, 1.807) is 12.4 Å². The first-order chi connectivity index (χ1) is 7.77. The maximum absolute atomic E-state index is 5.46. The quantitative estimate of drug-likeness (QED) is 0.770. The lowest BCUT2D eigenvalue weighted by Crippen LogP contribution is -2.19. The van der Waals surface area contributed by atoms with Crippen LogP contribution in [0.1, 0.15) is 0 Å². The Kier molecular flexibility index (Phi) is 3.07. The molecule has 0 amide bonds. The summed E-state index contributed by atoms with van der Waals surface area (Å²) >= 11 is 4.82. The van der Waals surface area contributed by atoms with Gasteiger partial charge in [0.25, 0.3) is 0 Å². The molecule has 5 heteroatoms. The summed E-state index contributed by atoms with van der Waals surface area (Å²) in [7, 11) is 0. The fraction of sp³-hybridized carbons (Fsp3) is 0. The van der Waals surface area contributed by atoms with Gasteiger partial charge in [0.1, 0.15) is 6.33 Å². The lowest BCUT2D eigenvalue weighted by Gasteiger charge is -2.09. The summed E-state index contributed by atoms with van der Waals surface area (Å²) in [4.78, 5) is 7.96. The van der Waals surface area contributed by atoms with Crippen molar-refractivity contribution in [2.45, 2.75) is 0 Å². The van der Waals surface area contributed by atoms with Crippen LogP contribution in [0.3, 0.4) is 0 Å². The minimum atomic E-state index is 0.240. The van der Waals surface area contributed by atoms with Crippen molar-refractivity contribution in [2.75, 3.05) is 5.32 Å². The number of nitrogens with two attached hydrogens (primary N) is 1. The number of nitrogens with one attached hydrogen (secondary N) is 1. The van der Waals surface area contributed by atoms with Crippen LogP contribution in [0.2, 0.25) is 0 Å². The zero-order chi connectivity index (χ0) is 11.4. The molecule has 16 heavy (non-hydrogen) atoms. The second-order valence-corrected chi connectivity index (χ2v) is 3.60. The summed E-state index contributed by atoms with van der Waals surface area (Å²) in [6.45, 7) is 0. The molecular weight excluding hydrogens is 220 g/mol. The highest BCUT2D eigenvalue weighted by atomic mass is 32.1. The van der Waals surface area contributed by atoms with Gasteiger partial charge in [-0.3, -0.25) is 0 Å². The average molecular weight is 230 g/mol. The molecule has 0 radical (unpaired) electrons.